The molecule has 0 saturated carbocycles. The molecule has 15 heteroatoms. The Morgan fingerprint density at radius 3 is 2.15 bits per heavy atom. The highest BCUT2D eigenvalue weighted by atomic mass is 32.1. The minimum Gasteiger partial charge on any atom is -0.347 e. The molecule has 0 spiro atoms. The number of benzene rings is 2. The summed E-state index contributed by atoms with van der Waals surface area (Å²) in [4.78, 5) is 39.7. The molecule has 0 unspecified atom stereocenters. The lowest BCUT2D eigenvalue weighted by atomic mass is 10.0. The number of nitrogens with zero attached hydrogens (tertiary/aromatic N) is 4. The van der Waals surface area contributed by atoms with Gasteiger partial charge in [0.1, 0.15) is 0 Å². The van der Waals surface area contributed by atoms with E-state index in [2.05, 4.69) is 77.4 Å². The van der Waals surface area contributed by atoms with Gasteiger partial charge in [-0.3, -0.25) is 4.79 Å². The molecular formula is C37H34N10O3S2. The van der Waals surface area contributed by atoms with Crippen LogP contribution in [-0.4, -0.2) is 73.4 Å². The maximum absolute atomic E-state index is 12.8. The number of hydrogen-bond acceptors (Lipinski definition) is 10. The number of nitrogens with one attached hydrogen (secondary N) is 6. The number of thiophene rings is 2. The Bertz CT molecular complexity index is 2730. The van der Waals surface area contributed by atoms with Crippen molar-refractivity contribution in [1.29, 1.82) is 0 Å². The number of hydrogen-bond donors (Lipinski definition) is 6. The first-order valence-electron chi connectivity index (χ1n) is 17.0. The number of aromatic amines is 2. The second-order valence-corrected chi connectivity index (χ2v) is 15.1. The molecule has 52 heavy (non-hydrogen) atoms. The van der Waals surface area contributed by atoms with E-state index in [1.54, 1.807) is 33.1 Å². The molecule has 0 radical (unpaired) electrons. The fourth-order valence-electron chi connectivity index (χ4n) is 6.66. The summed E-state index contributed by atoms with van der Waals surface area (Å²) in [6, 6.07) is 22.8. The van der Waals surface area contributed by atoms with E-state index < -0.39 is 0 Å². The number of fused-ring (bicyclic) bond motifs is 6. The van der Waals surface area contributed by atoms with Gasteiger partial charge in [-0.1, -0.05) is 24.3 Å². The van der Waals surface area contributed by atoms with Crippen molar-refractivity contribution in [3.8, 4) is 21.6 Å². The lowest BCUT2D eigenvalue weighted by Crippen LogP contribution is -2.56. The number of carbonyl (C=O) groups excluding carboxylic acids is 1. The summed E-state index contributed by atoms with van der Waals surface area (Å²) < 4.78 is 3.15. The highest BCUT2D eigenvalue weighted by molar-refractivity contribution is 7.15. The van der Waals surface area contributed by atoms with Crippen LogP contribution in [0.2, 0.25) is 0 Å². The van der Waals surface area contributed by atoms with E-state index in [9.17, 15) is 14.4 Å². The molecule has 0 atom stereocenters. The predicted molar refractivity (Wildman–Crippen MR) is 206 cm³/mol. The molecule has 13 nitrogen and oxygen atoms in total. The Kier molecular flexibility index (Phi) is 8.28. The van der Waals surface area contributed by atoms with E-state index in [4.69, 9.17) is 0 Å². The lowest BCUT2D eigenvalue weighted by molar-refractivity contribution is 0.0925. The molecule has 2 aliphatic heterocycles. The predicted octanol–water partition coefficient (Wildman–Crippen LogP) is 3.88. The van der Waals surface area contributed by atoms with Crippen LogP contribution < -0.4 is 32.6 Å². The molecule has 10 rings (SSSR count). The third-order valence-electron chi connectivity index (χ3n) is 9.72. The molecule has 0 aliphatic carbocycles. The normalized spacial score (nSPS) is 14.8. The van der Waals surface area contributed by atoms with Gasteiger partial charge in [0.05, 0.1) is 22.6 Å². The first-order chi connectivity index (χ1) is 25.4. The molecular weight excluding hydrogens is 697 g/mol. The van der Waals surface area contributed by atoms with Crippen molar-refractivity contribution in [2.45, 2.75) is 25.6 Å². The highest BCUT2D eigenvalue weighted by Gasteiger charge is 2.22. The molecule has 2 aromatic carbocycles. The maximum atomic E-state index is 12.8. The van der Waals surface area contributed by atoms with Crippen molar-refractivity contribution in [2.24, 2.45) is 0 Å². The summed E-state index contributed by atoms with van der Waals surface area (Å²) in [6.45, 7) is 6.60. The monoisotopic (exact) mass is 730 g/mol. The van der Waals surface area contributed by atoms with Crippen molar-refractivity contribution in [3.63, 3.8) is 0 Å². The summed E-state index contributed by atoms with van der Waals surface area (Å²) in [5.74, 6) is -0.150. The van der Waals surface area contributed by atoms with E-state index in [1.807, 2.05) is 42.6 Å². The first-order valence-corrected chi connectivity index (χ1v) is 18.8. The van der Waals surface area contributed by atoms with Gasteiger partial charge in [0.15, 0.2) is 11.3 Å². The largest absolute Gasteiger partial charge is 0.348 e. The molecule has 6 N–H and O–H groups in total. The molecule has 6 aromatic heterocycles. The van der Waals surface area contributed by atoms with Crippen LogP contribution in [0.5, 0.6) is 0 Å². The van der Waals surface area contributed by atoms with Crippen LogP contribution in [0, 0.1) is 6.92 Å². The Labute approximate surface area is 303 Å². The van der Waals surface area contributed by atoms with Gasteiger partial charge in [-0.25, -0.2) is 28.6 Å². The van der Waals surface area contributed by atoms with Crippen LogP contribution in [0.3, 0.4) is 0 Å². The van der Waals surface area contributed by atoms with Crippen LogP contribution in [0.1, 0.15) is 20.8 Å². The van der Waals surface area contributed by atoms with Crippen LogP contribution in [-0.2, 0) is 6.54 Å². The average Bonchev–Trinajstić information content (AvgIpc) is 3.94. The molecule has 2 saturated heterocycles. The second kappa shape index (κ2) is 13.3. The molecule has 262 valence electrons. The number of H-pyrrole nitrogens is 2. The van der Waals surface area contributed by atoms with Crippen molar-refractivity contribution >= 4 is 61.7 Å². The van der Waals surface area contributed by atoms with Gasteiger partial charge >= 0.3 is 11.4 Å². The quantitative estimate of drug-likeness (QED) is 0.144. The Morgan fingerprint density at radius 2 is 1.46 bits per heavy atom. The van der Waals surface area contributed by atoms with Gasteiger partial charge in [0, 0.05) is 59.3 Å². The zero-order valence-corrected chi connectivity index (χ0v) is 29.7. The fraction of sp³-hybridized carbons (Fsp3) is 0.216. The smallest absolute Gasteiger partial charge is 0.347 e. The van der Waals surface area contributed by atoms with E-state index >= 15 is 0 Å². The third-order valence-corrected chi connectivity index (χ3v) is 11.5. The highest BCUT2D eigenvalue weighted by Crippen LogP contribution is 2.32. The zero-order valence-electron chi connectivity index (χ0n) is 28.0. The average molecular weight is 731 g/mol. The van der Waals surface area contributed by atoms with E-state index in [0.717, 1.165) is 71.3 Å². The second-order valence-electron chi connectivity index (χ2n) is 13.1. The molecule has 8 aromatic rings. The van der Waals surface area contributed by atoms with Gasteiger partial charge in [0.25, 0.3) is 5.91 Å². The topological polar surface area (TPSA) is 166 Å². The zero-order chi connectivity index (χ0) is 35.3. The van der Waals surface area contributed by atoms with E-state index in [-0.39, 0.29) is 23.3 Å². The van der Waals surface area contributed by atoms with Crippen molar-refractivity contribution in [3.05, 3.63) is 114 Å². The number of aromatic nitrogens is 6. The molecule has 0 bridgehead atoms. The number of amides is 1. The number of pyridine rings is 2. The summed E-state index contributed by atoms with van der Waals surface area (Å²) in [5, 5.41) is 32.0. The van der Waals surface area contributed by atoms with Crippen LogP contribution in [0.15, 0.2) is 87.1 Å². The van der Waals surface area contributed by atoms with Crippen LogP contribution in [0.4, 0.5) is 0 Å². The van der Waals surface area contributed by atoms with E-state index in [0.29, 0.717) is 28.4 Å². The molecule has 2 fully saturated rings. The minimum absolute atomic E-state index is 0.139. The van der Waals surface area contributed by atoms with Gasteiger partial charge in [-0.15, -0.1) is 11.3 Å². The summed E-state index contributed by atoms with van der Waals surface area (Å²) in [5.41, 5.74) is 6.97. The number of carbonyl (C=O) groups is 1. The summed E-state index contributed by atoms with van der Waals surface area (Å²) in [7, 11) is 0. The molecule has 1 amide bonds. The van der Waals surface area contributed by atoms with Gasteiger partial charge in [-0.2, -0.15) is 21.5 Å². The number of rotatable bonds is 7. The Hall–Kier alpha value is -5.45. The first kappa shape index (κ1) is 32.5. The Morgan fingerprint density at radius 1 is 0.788 bits per heavy atom. The molecule has 8 heterocycles. The summed E-state index contributed by atoms with van der Waals surface area (Å²) >= 11 is 3.41. The van der Waals surface area contributed by atoms with Gasteiger partial charge in [-0.05, 0) is 82.4 Å². The van der Waals surface area contributed by atoms with Gasteiger partial charge < -0.3 is 21.3 Å². The molecule has 2 aliphatic rings. The maximum Gasteiger partial charge on any atom is 0.348 e. The fourth-order valence-corrected chi connectivity index (χ4v) is 8.28. The van der Waals surface area contributed by atoms with Crippen molar-refractivity contribution < 1.29 is 4.79 Å². The van der Waals surface area contributed by atoms with Gasteiger partial charge in [0.2, 0.25) is 0 Å². The van der Waals surface area contributed by atoms with E-state index in [1.165, 1.54) is 14.2 Å². The van der Waals surface area contributed by atoms with Crippen LogP contribution in [0.25, 0.3) is 54.7 Å². The lowest BCUT2D eigenvalue weighted by Gasteiger charge is -2.28. The minimum atomic E-state index is -0.317. The van der Waals surface area contributed by atoms with Crippen molar-refractivity contribution in [1.82, 2.24) is 50.5 Å². The van der Waals surface area contributed by atoms with Crippen molar-refractivity contribution in [2.75, 3.05) is 26.2 Å². The summed E-state index contributed by atoms with van der Waals surface area (Å²) in [6.07, 6.45) is 0. The third kappa shape index (κ3) is 5.91. The number of aryl methyl sites for hydroxylation is 1. The Balaban J connectivity index is 0.000000138. The van der Waals surface area contributed by atoms with Crippen LogP contribution >= 0.6 is 22.7 Å². The SMILES string of the molecule is Cc1cc2n[nH]c(=O)n2c2cc(-c3ccc(CNC4CNC4)s3)ccc12.O=C(NC1CNC1)c1cc2n[nH]c(=O)n2c2cc(-c3ccsc3)ccc12. The standard InChI is InChI=1S/C19H19N5OS.C18H15N5O2S/c1-11-6-18-22-23-19(25)24(18)16-7-12(2-4-15(11)16)17-5-3-14(26-17)10-21-13-8-20-9-13;24-17(20-12-7-19-8-12)14-6-16-21-22-18(25)23(16)15-5-10(1-2-13(14)15)11-3-4-26-9-11/h2-7,13,20-21H,8-10H2,1H3,(H,23,25);1-6,9,12,19H,7-8H2,(H,20,24)(H,22,25).